The molecule has 2 aromatic carbocycles. The van der Waals surface area contributed by atoms with Crippen molar-refractivity contribution in [3.63, 3.8) is 0 Å². The molecular formula is C42H43ClN10O6S. The number of amides is 6. The zero-order chi connectivity index (χ0) is 42.4. The van der Waals surface area contributed by atoms with Crippen LogP contribution >= 0.6 is 22.9 Å². The van der Waals surface area contributed by atoms with Gasteiger partial charge in [-0.25, -0.2) is 5.01 Å². The number of aromatic nitrogens is 3. The summed E-state index contributed by atoms with van der Waals surface area (Å²) in [7, 11) is 0. The van der Waals surface area contributed by atoms with E-state index in [1.54, 1.807) is 39.4 Å². The Morgan fingerprint density at radius 2 is 1.73 bits per heavy atom. The van der Waals surface area contributed by atoms with Crippen LogP contribution < -0.4 is 16.1 Å². The number of nitrogens with one attached hydrogen (secondary N) is 3. The van der Waals surface area contributed by atoms with Crippen molar-refractivity contribution in [3.8, 4) is 5.00 Å². The number of hydrogen-bond acceptors (Lipinski definition) is 11. The monoisotopic (exact) mass is 850 g/mol. The van der Waals surface area contributed by atoms with Gasteiger partial charge < -0.3 is 15.1 Å². The quantitative estimate of drug-likeness (QED) is 0.156. The highest BCUT2D eigenvalue weighted by molar-refractivity contribution is 7.15. The Morgan fingerprint density at radius 1 is 0.983 bits per heavy atom. The van der Waals surface area contributed by atoms with Crippen LogP contribution in [0.25, 0.3) is 5.00 Å². The third-order valence-corrected chi connectivity index (χ3v) is 12.9. The molecule has 8 rings (SSSR count). The van der Waals surface area contributed by atoms with Gasteiger partial charge in [-0.05, 0) is 63.4 Å². The van der Waals surface area contributed by atoms with Crippen LogP contribution in [0.5, 0.6) is 0 Å². The number of aryl methyl sites for hydroxylation is 2. The second-order valence-electron chi connectivity index (χ2n) is 15.3. The molecule has 6 amide bonds. The van der Waals surface area contributed by atoms with Crippen LogP contribution in [-0.2, 0) is 30.5 Å². The van der Waals surface area contributed by atoms with E-state index in [-0.39, 0.29) is 61.4 Å². The van der Waals surface area contributed by atoms with E-state index in [4.69, 9.17) is 16.6 Å². The van der Waals surface area contributed by atoms with Gasteiger partial charge in [-0.2, -0.15) is 0 Å². The van der Waals surface area contributed by atoms with Crippen molar-refractivity contribution in [2.24, 2.45) is 4.99 Å². The molecule has 2 atom stereocenters. The first-order valence-electron chi connectivity index (χ1n) is 19.7. The fourth-order valence-corrected chi connectivity index (χ4v) is 9.38. The van der Waals surface area contributed by atoms with E-state index in [1.165, 1.54) is 4.90 Å². The fourth-order valence-electron chi connectivity index (χ4n) is 8.04. The average molecular weight is 851 g/mol. The van der Waals surface area contributed by atoms with Crippen LogP contribution in [0.3, 0.4) is 0 Å². The molecule has 2 aromatic heterocycles. The van der Waals surface area contributed by atoms with Gasteiger partial charge in [0.1, 0.15) is 22.9 Å². The Bertz CT molecular complexity index is 2500. The van der Waals surface area contributed by atoms with Crippen LogP contribution in [-0.4, -0.2) is 103 Å². The van der Waals surface area contributed by atoms with Gasteiger partial charge in [-0.1, -0.05) is 36.4 Å². The number of imide groups is 1. The first-order valence-corrected chi connectivity index (χ1v) is 20.9. The maximum atomic E-state index is 13.8. The lowest BCUT2D eigenvalue weighted by Crippen LogP contribution is -2.55. The number of carbonyl (C=O) groups excluding carboxylic acids is 6. The van der Waals surface area contributed by atoms with E-state index in [0.717, 1.165) is 26.6 Å². The van der Waals surface area contributed by atoms with E-state index in [1.807, 2.05) is 35.8 Å². The van der Waals surface area contributed by atoms with Crippen molar-refractivity contribution < 1.29 is 28.8 Å². The van der Waals surface area contributed by atoms with Crippen molar-refractivity contribution in [2.75, 3.05) is 31.5 Å². The number of hydrogen-bond donors (Lipinski definition) is 3. The number of piperidine rings is 1. The standard InChI is InChI=1S/C42H43ClN10O6S/c1-22-24(3)60-42-35(22)37(26-11-13-27(43)14-12-26)46-36(38-48-47-25(4)53(38)42)23(2)39(57)49-51-19-17-50(18-20-51)34(56)10-6-9-32(54)44-30-8-5-7-28-29(30)21-52(41(28)59)31-15-16-33(55)45-40(31)58/h5,7-8,11-14,31,36H,2,6,9-10,15-21H2,1,3-4H3,(H,44,54)(H,49,57)(H,45,55,58)/t31?,36-/m0/s1. The number of rotatable bonds is 10. The molecule has 6 heterocycles. The molecule has 3 N–H and O–H groups in total. The van der Waals surface area contributed by atoms with Crippen LogP contribution in [0.1, 0.15) is 87.3 Å². The molecule has 2 fully saturated rings. The highest BCUT2D eigenvalue weighted by atomic mass is 35.5. The number of aliphatic imine (C=N–C) groups is 1. The van der Waals surface area contributed by atoms with Gasteiger partial charge in [-0.3, -0.25) is 49.1 Å². The number of halogens is 1. The molecule has 0 aliphatic carbocycles. The molecule has 4 aliphatic rings. The fraction of sp³-hybridized carbons (Fsp3) is 0.357. The van der Waals surface area contributed by atoms with Gasteiger partial charge in [0.2, 0.25) is 23.6 Å². The molecule has 60 heavy (non-hydrogen) atoms. The predicted molar refractivity (Wildman–Crippen MR) is 224 cm³/mol. The first-order chi connectivity index (χ1) is 28.8. The van der Waals surface area contributed by atoms with Gasteiger partial charge >= 0.3 is 0 Å². The summed E-state index contributed by atoms with van der Waals surface area (Å²) in [5, 5.41) is 17.3. The number of fused-ring (bicyclic) bond motifs is 4. The van der Waals surface area contributed by atoms with E-state index in [9.17, 15) is 28.8 Å². The van der Waals surface area contributed by atoms with Gasteiger partial charge in [-0.15, -0.1) is 21.5 Å². The minimum atomic E-state index is -0.839. The normalized spacial score (nSPS) is 18.9. The van der Waals surface area contributed by atoms with Crippen LogP contribution in [0.2, 0.25) is 5.02 Å². The summed E-state index contributed by atoms with van der Waals surface area (Å²) < 4.78 is 1.96. The molecule has 1 unspecified atom stereocenters. The molecule has 0 bridgehead atoms. The number of thiophene rings is 1. The average Bonchev–Trinajstić information content (AvgIpc) is 3.83. The molecule has 4 aliphatic heterocycles. The molecule has 16 nitrogen and oxygen atoms in total. The van der Waals surface area contributed by atoms with Crippen LogP contribution in [0.15, 0.2) is 59.6 Å². The van der Waals surface area contributed by atoms with Gasteiger partial charge in [0.25, 0.3) is 11.8 Å². The summed E-state index contributed by atoms with van der Waals surface area (Å²) in [4.78, 5) is 86.7. The maximum absolute atomic E-state index is 13.8. The van der Waals surface area contributed by atoms with Crippen molar-refractivity contribution >= 4 is 69.8 Å². The van der Waals surface area contributed by atoms with Crippen molar-refractivity contribution in [3.05, 3.63) is 104 Å². The Kier molecular flexibility index (Phi) is 11.2. The first kappa shape index (κ1) is 40.7. The second-order valence-corrected chi connectivity index (χ2v) is 16.9. The maximum Gasteiger partial charge on any atom is 0.263 e. The number of carbonyl (C=O) groups is 6. The topological polar surface area (TPSA) is 191 Å². The highest BCUT2D eigenvalue weighted by Gasteiger charge is 2.40. The van der Waals surface area contributed by atoms with E-state index in [0.29, 0.717) is 71.8 Å². The minimum Gasteiger partial charge on any atom is -0.340 e. The number of nitrogens with zero attached hydrogens (tertiary/aromatic N) is 7. The molecule has 2 saturated heterocycles. The molecule has 0 spiro atoms. The summed E-state index contributed by atoms with van der Waals surface area (Å²) in [6.45, 7) is 11.8. The van der Waals surface area contributed by atoms with Crippen LogP contribution in [0.4, 0.5) is 5.69 Å². The molecule has 4 aromatic rings. The van der Waals surface area contributed by atoms with Gasteiger partial charge in [0.15, 0.2) is 5.82 Å². The summed E-state index contributed by atoms with van der Waals surface area (Å²) in [6.07, 6.45) is 0.944. The number of hydrazine groups is 1. The lowest BCUT2D eigenvalue weighted by atomic mass is 9.99. The Labute approximate surface area is 354 Å². The summed E-state index contributed by atoms with van der Waals surface area (Å²) in [5.41, 5.74) is 8.19. The number of anilines is 1. The second kappa shape index (κ2) is 16.5. The number of piperazine rings is 1. The Morgan fingerprint density at radius 3 is 2.47 bits per heavy atom. The highest BCUT2D eigenvalue weighted by Crippen LogP contribution is 2.40. The third kappa shape index (κ3) is 7.75. The Balaban J connectivity index is 0.847. The SMILES string of the molecule is C=C(C(=O)NN1CCN(C(=O)CCCC(=O)Nc2cccc3c2CN(C2CCC(=O)NC2=O)C3=O)CC1)[C@@H]1N=C(c2ccc(Cl)cc2)c2c(sc(C)c2C)-n2c(C)nnc21. The molecule has 0 radical (unpaired) electrons. The molecule has 310 valence electrons. The zero-order valence-electron chi connectivity index (χ0n) is 33.3. The van der Waals surface area contributed by atoms with Crippen LogP contribution in [0, 0.1) is 20.8 Å². The Hall–Kier alpha value is -6.04. The lowest BCUT2D eigenvalue weighted by Gasteiger charge is -2.35. The van der Waals surface area contributed by atoms with E-state index < -0.39 is 23.9 Å². The summed E-state index contributed by atoms with van der Waals surface area (Å²) >= 11 is 7.86. The predicted octanol–water partition coefficient (Wildman–Crippen LogP) is 4.10. The van der Waals surface area contributed by atoms with Gasteiger partial charge in [0, 0.05) is 95.4 Å². The van der Waals surface area contributed by atoms with Gasteiger partial charge in [0.05, 0.1) is 5.71 Å². The molecule has 0 saturated carbocycles. The molecule has 18 heteroatoms. The van der Waals surface area contributed by atoms with Crippen molar-refractivity contribution in [1.82, 2.24) is 40.3 Å². The van der Waals surface area contributed by atoms with Crippen molar-refractivity contribution in [2.45, 2.75) is 71.5 Å². The third-order valence-electron chi connectivity index (χ3n) is 11.4. The zero-order valence-corrected chi connectivity index (χ0v) is 34.9. The summed E-state index contributed by atoms with van der Waals surface area (Å²) in [5.74, 6) is -0.867. The lowest BCUT2D eigenvalue weighted by molar-refractivity contribution is -0.137. The van der Waals surface area contributed by atoms with E-state index in [2.05, 4.69) is 46.7 Å². The molecular weight excluding hydrogens is 808 g/mol. The van der Waals surface area contributed by atoms with Crippen molar-refractivity contribution in [1.29, 1.82) is 0 Å². The smallest absolute Gasteiger partial charge is 0.263 e. The minimum absolute atomic E-state index is 0.0850. The number of benzene rings is 2. The summed E-state index contributed by atoms with van der Waals surface area (Å²) in [6, 6.07) is 10.9. The largest absolute Gasteiger partial charge is 0.340 e. The van der Waals surface area contributed by atoms with E-state index >= 15 is 0 Å².